The largest absolute Gasteiger partial charge is 0.512 e. The molecule has 5 aromatic rings. The third-order valence-corrected chi connectivity index (χ3v) is 6.03. The molecule has 0 spiro atoms. The zero-order valence-electron chi connectivity index (χ0n) is 18.0. The minimum Gasteiger partial charge on any atom is -0.512 e. The van der Waals surface area contributed by atoms with Crippen molar-refractivity contribution in [1.82, 2.24) is 9.55 Å². The van der Waals surface area contributed by atoms with Crippen molar-refractivity contribution in [2.45, 2.75) is 27.3 Å². The molecule has 0 saturated heterocycles. The molecule has 0 unspecified atom stereocenters. The van der Waals surface area contributed by atoms with Crippen molar-refractivity contribution in [3.05, 3.63) is 78.6 Å². The molecule has 0 fully saturated rings. The van der Waals surface area contributed by atoms with Gasteiger partial charge in [-0.2, -0.15) is 11.3 Å². The molecule has 3 aromatic carbocycles. The first-order valence-electron chi connectivity index (χ1n) is 10.1. The molecule has 0 bridgehead atoms. The zero-order chi connectivity index (χ0) is 22.0. The maximum Gasteiger partial charge on any atom is 0.155 e. The Balaban J connectivity index is 0.000000318. The molecule has 2 aromatic heterocycles. The van der Waals surface area contributed by atoms with E-state index in [1.54, 1.807) is 11.3 Å². The van der Waals surface area contributed by atoms with Gasteiger partial charge in [0, 0.05) is 48.0 Å². The quantitative estimate of drug-likeness (QED) is 0.136. The van der Waals surface area contributed by atoms with Crippen LogP contribution in [-0.4, -0.2) is 20.4 Å². The average Bonchev–Trinajstić information content (AvgIpc) is 3.32. The Kier molecular flexibility index (Phi) is 7.62. The minimum atomic E-state index is -0.125. The molecule has 0 aliphatic heterocycles. The average molecular weight is 620 g/mol. The Labute approximate surface area is 204 Å². The van der Waals surface area contributed by atoms with E-state index < -0.39 is 0 Å². The third kappa shape index (κ3) is 4.83. The molecule has 0 atom stereocenters. The smallest absolute Gasteiger partial charge is 0.155 e. The fourth-order valence-electron chi connectivity index (χ4n) is 3.74. The van der Waals surface area contributed by atoms with Crippen LogP contribution < -0.4 is 0 Å². The van der Waals surface area contributed by atoms with Gasteiger partial charge in [-0.3, -0.25) is 9.78 Å². The van der Waals surface area contributed by atoms with Gasteiger partial charge in [0.25, 0.3) is 0 Å². The maximum absolute atomic E-state index is 10.0. The summed E-state index contributed by atoms with van der Waals surface area (Å²) in [5.74, 6) is -0.0625. The number of carbonyl (C=O) groups excluding carboxylic acids is 1. The van der Waals surface area contributed by atoms with Crippen LogP contribution in [-0.2, 0) is 31.4 Å². The topological polar surface area (TPSA) is 55.1 Å². The number of rotatable bonds is 3. The maximum atomic E-state index is 10.0. The molecule has 6 heteroatoms. The minimum absolute atomic E-state index is 0. The predicted octanol–water partition coefficient (Wildman–Crippen LogP) is 6.93. The first-order chi connectivity index (χ1) is 15.0. The normalized spacial score (nSPS) is 11.3. The Hall–Kier alpha value is -2.79. The summed E-state index contributed by atoms with van der Waals surface area (Å²) in [6.07, 6.45) is 1.17. The van der Waals surface area contributed by atoms with Gasteiger partial charge in [0.2, 0.25) is 0 Å². The van der Waals surface area contributed by atoms with Crippen LogP contribution in [0, 0.1) is 6.07 Å². The second-order valence-electron chi connectivity index (χ2n) is 7.29. The zero-order valence-corrected chi connectivity index (χ0v) is 21.3. The molecular formula is C26H23IrN2O2S-. The Morgan fingerprint density at radius 2 is 1.81 bits per heavy atom. The van der Waals surface area contributed by atoms with Crippen molar-refractivity contribution < 1.29 is 30.0 Å². The number of nitrogens with zero attached hydrogens (tertiary/aromatic N) is 2. The van der Waals surface area contributed by atoms with Crippen molar-refractivity contribution in [3.8, 4) is 10.6 Å². The Morgan fingerprint density at radius 1 is 1.09 bits per heavy atom. The molecule has 0 aliphatic rings. The number of thiazole rings is 1. The van der Waals surface area contributed by atoms with E-state index in [2.05, 4.69) is 72.2 Å². The number of hydrogen-bond acceptors (Lipinski definition) is 4. The van der Waals surface area contributed by atoms with Crippen molar-refractivity contribution in [3.63, 3.8) is 0 Å². The number of hydrogen-bond donors (Lipinski definition) is 1. The van der Waals surface area contributed by atoms with E-state index in [0.717, 1.165) is 22.6 Å². The van der Waals surface area contributed by atoms with Gasteiger partial charge in [-0.15, -0.1) is 23.8 Å². The van der Waals surface area contributed by atoms with Gasteiger partial charge in [-0.1, -0.05) is 35.7 Å². The number of allylic oxidation sites excluding steroid dienone is 2. The van der Waals surface area contributed by atoms with Crippen LogP contribution in [0.2, 0.25) is 0 Å². The van der Waals surface area contributed by atoms with E-state index >= 15 is 0 Å². The first-order valence-corrected chi connectivity index (χ1v) is 11.0. The van der Waals surface area contributed by atoms with Crippen molar-refractivity contribution in [2.24, 2.45) is 0 Å². The van der Waals surface area contributed by atoms with Crippen LogP contribution in [0.15, 0.2) is 72.5 Å². The molecule has 32 heavy (non-hydrogen) atoms. The number of carbonyl (C=O) groups is 1. The number of para-hydroxylation sites is 2. The second-order valence-corrected chi connectivity index (χ2v) is 8.32. The van der Waals surface area contributed by atoms with Crippen LogP contribution in [0.5, 0.6) is 0 Å². The monoisotopic (exact) mass is 620 g/mol. The van der Waals surface area contributed by atoms with Crippen LogP contribution >= 0.6 is 11.3 Å². The first kappa shape index (κ1) is 23.9. The van der Waals surface area contributed by atoms with Crippen LogP contribution in [0.4, 0.5) is 0 Å². The molecule has 5 rings (SSSR count). The fourth-order valence-corrected chi connectivity index (χ4v) is 4.68. The summed E-state index contributed by atoms with van der Waals surface area (Å²) in [7, 11) is 0. The van der Waals surface area contributed by atoms with Crippen molar-refractivity contribution >= 4 is 49.1 Å². The van der Waals surface area contributed by atoms with E-state index in [0.29, 0.717) is 0 Å². The van der Waals surface area contributed by atoms with E-state index in [9.17, 15) is 4.79 Å². The van der Waals surface area contributed by atoms with E-state index in [1.165, 1.54) is 46.4 Å². The molecule has 1 N–H and O–H groups in total. The molecule has 4 nitrogen and oxygen atoms in total. The van der Waals surface area contributed by atoms with E-state index in [1.807, 2.05) is 6.07 Å². The number of fused-ring (bicyclic) bond motifs is 4. The summed E-state index contributed by atoms with van der Waals surface area (Å²) in [4.78, 5) is 14.8. The standard InChI is InChI=1S/C21H15N2S.C5H8O2.Ir/c1-2-23-18-9-5-3-7-15(18)16-13-14(11-12-19(16)23)21-22-17-8-4-6-10-20(17)24-21;1-4(6)3-5(2)7;/h3-10,12-13H,2H2,1H3;3,6H,1-2H3;/q-1;;/b;4-3-;. The number of aliphatic hydroxyl groups excluding tert-OH is 1. The van der Waals surface area contributed by atoms with E-state index in [4.69, 9.17) is 10.1 Å². The molecular weight excluding hydrogens is 597 g/mol. The summed E-state index contributed by atoms with van der Waals surface area (Å²) >= 11 is 1.73. The van der Waals surface area contributed by atoms with Crippen molar-refractivity contribution in [2.75, 3.05) is 0 Å². The summed E-state index contributed by atoms with van der Waals surface area (Å²) in [6.45, 7) is 5.99. The molecule has 0 saturated carbocycles. The third-order valence-electron chi connectivity index (χ3n) is 4.96. The van der Waals surface area contributed by atoms with Gasteiger partial charge >= 0.3 is 0 Å². The number of aryl methyl sites for hydroxylation is 1. The van der Waals surface area contributed by atoms with Gasteiger partial charge in [0.1, 0.15) is 0 Å². The van der Waals surface area contributed by atoms with Gasteiger partial charge in [0.15, 0.2) is 5.78 Å². The van der Waals surface area contributed by atoms with Gasteiger partial charge < -0.3 is 9.67 Å². The molecule has 165 valence electrons. The Bertz CT molecular complexity index is 1400. The van der Waals surface area contributed by atoms with E-state index in [-0.39, 0.29) is 31.6 Å². The fraction of sp³-hybridized carbons (Fsp3) is 0.154. The van der Waals surface area contributed by atoms with Crippen LogP contribution in [0.3, 0.4) is 0 Å². The molecule has 1 radical (unpaired) electrons. The van der Waals surface area contributed by atoms with Crippen molar-refractivity contribution in [1.29, 1.82) is 0 Å². The number of ketones is 1. The summed E-state index contributed by atoms with van der Waals surface area (Å²) in [5.41, 5.74) is 4.65. The molecule has 0 aliphatic carbocycles. The predicted molar refractivity (Wildman–Crippen MR) is 130 cm³/mol. The van der Waals surface area contributed by atoms with Gasteiger partial charge in [-0.05, 0) is 49.9 Å². The van der Waals surface area contributed by atoms with Gasteiger partial charge in [-0.25, -0.2) is 0 Å². The second kappa shape index (κ2) is 10.2. The van der Waals surface area contributed by atoms with Gasteiger partial charge in [0.05, 0.1) is 11.3 Å². The molecule has 2 heterocycles. The van der Waals surface area contributed by atoms with Crippen LogP contribution in [0.1, 0.15) is 20.8 Å². The van der Waals surface area contributed by atoms with Crippen LogP contribution in [0.25, 0.3) is 42.6 Å². The Morgan fingerprint density at radius 3 is 2.47 bits per heavy atom. The number of benzene rings is 3. The molecule has 0 amide bonds. The SMILES string of the molecule is CC(=O)/C=C(/C)O.CCn1c2c[c-]c(-c3nc4ccccc4s3)cc2c2ccccc21.[Ir]. The summed E-state index contributed by atoms with van der Waals surface area (Å²) < 4.78 is 3.57. The summed E-state index contributed by atoms with van der Waals surface area (Å²) in [6, 6.07) is 24.7. The number of aromatic nitrogens is 2. The summed E-state index contributed by atoms with van der Waals surface area (Å²) in [5, 5.41) is 12.0. The number of aliphatic hydroxyl groups is 1.